The van der Waals surface area contributed by atoms with E-state index < -0.39 is 5.97 Å². The maximum absolute atomic E-state index is 11.1. The second-order valence-electron chi connectivity index (χ2n) is 4.23. The molecule has 0 fully saturated rings. The molecule has 0 aliphatic carbocycles. The van der Waals surface area contributed by atoms with Crippen molar-refractivity contribution in [2.45, 2.75) is 20.0 Å². The predicted molar refractivity (Wildman–Crippen MR) is 74.7 cm³/mol. The summed E-state index contributed by atoms with van der Waals surface area (Å²) in [5.74, 6) is -0.287. The first-order valence-corrected chi connectivity index (χ1v) is 6.55. The summed E-state index contributed by atoms with van der Waals surface area (Å²) in [6.07, 6.45) is 0.0929. The number of benzene rings is 1. The Bertz CT molecular complexity index is 590. The van der Waals surface area contributed by atoms with Crippen LogP contribution in [0, 0.1) is 0 Å². The van der Waals surface area contributed by atoms with E-state index in [4.69, 9.17) is 15.6 Å². The molecule has 0 radical (unpaired) electrons. The molecule has 0 aliphatic heterocycles. The Balaban J connectivity index is 2.34. The minimum absolute atomic E-state index is 0.0929. The van der Waals surface area contributed by atoms with Crippen molar-refractivity contribution in [3.05, 3.63) is 29.1 Å². The monoisotopic (exact) mass is 278 g/mol. The fraction of sp³-hybridized carbons (Fsp3) is 0.231. The number of anilines is 1. The Kier molecular flexibility index (Phi) is 3.71. The van der Waals surface area contributed by atoms with Gasteiger partial charge in [-0.3, -0.25) is 0 Å². The minimum Gasteiger partial charge on any atom is -0.491 e. The molecule has 1 aromatic carbocycles. The highest BCUT2D eigenvalue weighted by atomic mass is 32.1. The number of rotatable bonds is 4. The van der Waals surface area contributed by atoms with E-state index in [0.29, 0.717) is 11.3 Å². The van der Waals surface area contributed by atoms with Crippen molar-refractivity contribution < 1.29 is 14.6 Å². The number of nitrogens with zero attached hydrogens (tertiary/aromatic N) is 1. The third kappa shape index (κ3) is 3.03. The zero-order valence-electron chi connectivity index (χ0n) is 10.6. The van der Waals surface area contributed by atoms with Gasteiger partial charge in [0.15, 0.2) is 5.13 Å². The van der Waals surface area contributed by atoms with E-state index in [1.54, 1.807) is 24.3 Å². The zero-order chi connectivity index (χ0) is 14.0. The molecular weight excluding hydrogens is 264 g/mol. The number of carbonyl (C=O) groups is 1. The summed E-state index contributed by atoms with van der Waals surface area (Å²) in [7, 11) is 0. The van der Waals surface area contributed by atoms with Gasteiger partial charge in [-0.05, 0) is 38.1 Å². The average Bonchev–Trinajstić information content (AvgIpc) is 2.72. The summed E-state index contributed by atoms with van der Waals surface area (Å²) in [6, 6.07) is 7.13. The predicted octanol–water partition coefficient (Wildman–Crippen LogP) is 2.88. The molecule has 0 bridgehead atoms. The van der Waals surface area contributed by atoms with E-state index in [1.165, 1.54) is 0 Å². The lowest BCUT2D eigenvalue weighted by Crippen LogP contribution is -2.05. The summed E-state index contributed by atoms with van der Waals surface area (Å²) in [5.41, 5.74) is 6.67. The van der Waals surface area contributed by atoms with Crippen molar-refractivity contribution in [2.24, 2.45) is 0 Å². The van der Waals surface area contributed by atoms with Gasteiger partial charge in [-0.15, -0.1) is 0 Å². The van der Waals surface area contributed by atoms with Gasteiger partial charge in [-0.1, -0.05) is 11.3 Å². The van der Waals surface area contributed by atoms with Crippen molar-refractivity contribution in [1.82, 2.24) is 4.98 Å². The number of hydrogen-bond acceptors (Lipinski definition) is 5. The number of thiazole rings is 1. The average molecular weight is 278 g/mol. The fourth-order valence-corrected chi connectivity index (χ4v) is 2.33. The van der Waals surface area contributed by atoms with Crippen molar-refractivity contribution in [2.75, 3.05) is 5.73 Å². The highest BCUT2D eigenvalue weighted by molar-refractivity contribution is 7.17. The Morgan fingerprint density at radius 3 is 2.53 bits per heavy atom. The molecule has 0 unspecified atom stereocenters. The van der Waals surface area contributed by atoms with Crippen LogP contribution in [0.1, 0.15) is 23.5 Å². The van der Waals surface area contributed by atoms with Crippen molar-refractivity contribution in [3.8, 4) is 17.0 Å². The smallest absolute Gasteiger partial charge is 0.348 e. The zero-order valence-corrected chi connectivity index (χ0v) is 11.4. The molecule has 2 rings (SSSR count). The SMILES string of the molecule is CC(C)Oc1ccc(-c2nc(N)sc2C(=O)O)cc1. The van der Waals surface area contributed by atoms with Crippen LogP contribution in [0.4, 0.5) is 5.13 Å². The first kappa shape index (κ1) is 13.4. The summed E-state index contributed by atoms with van der Waals surface area (Å²) < 4.78 is 5.53. The summed E-state index contributed by atoms with van der Waals surface area (Å²) in [5, 5.41) is 9.35. The van der Waals surface area contributed by atoms with Gasteiger partial charge in [0.1, 0.15) is 10.6 Å². The van der Waals surface area contributed by atoms with Gasteiger partial charge in [0, 0.05) is 5.56 Å². The van der Waals surface area contributed by atoms with E-state index >= 15 is 0 Å². The molecule has 1 heterocycles. The third-order valence-corrected chi connectivity index (χ3v) is 3.21. The van der Waals surface area contributed by atoms with Crippen molar-refractivity contribution in [1.29, 1.82) is 0 Å². The molecule has 6 heteroatoms. The number of carboxylic acids is 1. The Morgan fingerprint density at radius 2 is 2.00 bits per heavy atom. The highest BCUT2D eigenvalue weighted by Gasteiger charge is 2.17. The number of nitrogen functional groups attached to an aromatic ring is 1. The summed E-state index contributed by atoms with van der Waals surface area (Å²) >= 11 is 0.968. The normalized spacial score (nSPS) is 10.7. The van der Waals surface area contributed by atoms with Crippen LogP contribution >= 0.6 is 11.3 Å². The number of carboxylic acid groups (broad SMARTS) is 1. The molecule has 2 aromatic rings. The number of ether oxygens (including phenoxy) is 1. The van der Waals surface area contributed by atoms with Gasteiger partial charge < -0.3 is 15.6 Å². The second-order valence-corrected chi connectivity index (χ2v) is 5.26. The number of nitrogens with two attached hydrogens (primary N) is 1. The molecule has 5 nitrogen and oxygen atoms in total. The Morgan fingerprint density at radius 1 is 1.37 bits per heavy atom. The van der Waals surface area contributed by atoms with E-state index in [-0.39, 0.29) is 16.1 Å². The van der Waals surface area contributed by atoms with Gasteiger partial charge in [-0.25, -0.2) is 9.78 Å². The highest BCUT2D eigenvalue weighted by Crippen LogP contribution is 2.30. The minimum atomic E-state index is -1.02. The lowest BCUT2D eigenvalue weighted by molar-refractivity contribution is 0.0702. The van der Waals surface area contributed by atoms with E-state index in [9.17, 15) is 4.79 Å². The third-order valence-electron chi connectivity index (χ3n) is 2.34. The van der Waals surface area contributed by atoms with Crippen molar-refractivity contribution in [3.63, 3.8) is 0 Å². The molecule has 3 N–H and O–H groups in total. The number of hydrogen-bond donors (Lipinski definition) is 2. The molecule has 100 valence electrons. The van der Waals surface area contributed by atoms with Crippen LogP contribution in [0.25, 0.3) is 11.3 Å². The fourth-order valence-electron chi connectivity index (χ4n) is 1.64. The van der Waals surface area contributed by atoms with Crippen LogP contribution in [0.2, 0.25) is 0 Å². The second kappa shape index (κ2) is 5.27. The van der Waals surface area contributed by atoms with E-state index in [0.717, 1.165) is 17.1 Å². The van der Waals surface area contributed by atoms with E-state index in [1.807, 2.05) is 13.8 Å². The first-order valence-electron chi connectivity index (χ1n) is 5.74. The van der Waals surface area contributed by atoms with Gasteiger partial charge in [-0.2, -0.15) is 0 Å². The first-order chi connectivity index (χ1) is 8.97. The molecule has 0 spiro atoms. The Hall–Kier alpha value is -2.08. The lowest BCUT2D eigenvalue weighted by atomic mass is 10.1. The van der Waals surface area contributed by atoms with Gasteiger partial charge in [0.2, 0.25) is 0 Å². The number of aromatic nitrogens is 1. The molecule has 0 amide bonds. The van der Waals surface area contributed by atoms with Crippen LogP contribution in [-0.4, -0.2) is 22.2 Å². The van der Waals surface area contributed by atoms with Crippen LogP contribution in [0.5, 0.6) is 5.75 Å². The van der Waals surface area contributed by atoms with Gasteiger partial charge in [0.25, 0.3) is 0 Å². The molecule has 0 saturated carbocycles. The Labute approximate surface area is 114 Å². The maximum Gasteiger partial charge on any atom is 0.348 e. The molecule has 19 heavy (non-hydrogen) atoms. The van der Waals surface area contributed by atoms with Crippen LogP contribution < -0.4 is 10.5 Å². The van der Waals surface area contributed by atoms with Crippen LogP contribution in [0.15, 0.2) is 24.3 Å². The summed E-state index contributed by atoms with van der Waals surface area (Å²) in [4.78, 5) is 15.3. The maximum atomic E-state index is 11.1. The largest absolute Gasteiger partial charge is 0.491 e. The van der Waals surface area contributed by atoms with Crippen LogP contribution in [0.3, 0.4) is 0 Å². The summed E-state index contributed by atoms with van der Waals surface area (Å²) in [6.45, 7) is 3.88. The topological polar surface area (TPSA) is 85.4 Å². The van der Waals surface area contributed by atoms with Crippen molar-refractivity contribution >= 4 is 22.4 Å². The molecular formula is C13H14N2O3S. The molecule has 0 aliphatic rings. The van der Waals surface area contributed by atoms with E-state index in [2.05, 4.69) is 4.98 Å². The van der Waals surface area contributed by atoms with Crippen LogP contribution in [-0.2, 0) is 0 Å². The lowest BCUT2D eigenvalue weighted by Gasteiger charge is -2.09. The van der Waals surface area contributed by atoms with Gasteiger partial charge in [0.05, 0.1) is 11.8 Å². The number of aromatic carboxylic acids is 1. The standard InChI is InChI=1S/C13H14N2O3S/c1-7(2)18-9-5-3-8(4-6-9)10-11(12(16)17)19-13(14)15-10/h3-7H,1-2H3,(H2,14,15)(H,16,17). The van der Waals surface area contributed by atoms with Gasteiger partial charge >= 0.3 is 5.97 Å². The molecule has 0 saturated heterocycles. The molecule has 0 atom stereocenters. The quantitative estimate of drug-likeness (QED) is 0.898. The molecule has 1 aromatic heterocycles.